The predicted octanol–water partition coefficient (Wildman–Crippen LogP) is 3.35. The first-order chi connectivity index (χ1) is 9.79. The number of aliphatic hydroxyl groups is 1. The molecule has 1 aliphatic heterocycles. The number of morpholine rings is 1. The summed E-state index contributed by atoms with van der Waals surface area (Å²) in [6, 6.07) is 0.810. The molecule has 1 saturated heterocycles. The van der Waals surface area contributed by atoms with E-state index < -0.39 is 0 Å². The van der Waals surface area contributed by atoms with Crippen LogP contribution >= 0.6 is 0 Å². The van der Waals surface area contributed by atoms with Crippen LogP contribution in [0.25, 0.3) is 0 Å². The van der Waals surface area contributed by atoms with Gasteiger partial charge in [-0.15, -0.1) is 0 Å². The Kier molecular flexibility index (Phi) is 7.32. The summed E-state index contributed by atoms with van der Waals surface area (Å²) in [6.07, 6.45) is 12.6. The van der Waals surface area contributed by atoms with Gasteiger partial charge in [-0.25, -0.2) is 0 Å². The quantitative estimate of drug-likeness (QED) is 0.801. The topological polar surface area (TPSA) is 32.7 Å². The molecule has 3 unspecified atom stereocenters. The summed E-state index contributed by atoms with van der Waals surface area (Å²) < 4.78 is 5.55. The lowest BCUT2D eigenvalue weighted by Gasteiger charge is -2.41. The van der Waals surface area contributed by atoms with E-state index in [0.29, 0.717) is 12.1 Å². The molecule has 1 heterocycles. The van der Waals surface area contributed by atoms with Gasteiger partial charge in [0.15, 0.2) is 0 Å². The molecule has 0 aromatic carbocycles. The van der Waals surface area contributed by atoms with Gasteiger partial charge in [-0.1, -0.05) is 51.4 Å². The van der Waals surface area contributed by atoms with E-state index >= 15 is 0 Å². The van der Waals surface area contributed by atoms with Crippen LogP contribution in [-0.4, -0.2) is 48.0 Å². The van der Waals surface area contributed by atoms with Crippen molar-refractivity contribution in [3.05, 3.63) is 0 Å². The van der Waals surface area contributed by atoms with Crippen molar-refractivity contribution in [2.75, 3.05) is 19.8 Å². The first-order valence-corrected chi connectivity index (χ1v) is 8.80. The smallest absolute Gasteiger partial charge is 0.0695 e. The summed E-state index contributed by atoms with van der Waals surface area (Å²) in [5.41, 5.74) is 0. The van der Waals surface area contributed by atoms with Gasteiger partial charge in [0.25, 0.3) is 0 Å². The van der Waals surface area contributed by atoms with E-state index in [0.717, 1.165) is 32.6 Å². The summed E-state index contributed by atoms with van der Waals surface area (Å²) in [6.45, 7) is 4.88. The maximum atomic E-state index is 10.6. The summed E-state index contributed by atoms with van der Waals surface area (Å²) >= 11 is 0. The molecule has 0 aromatic rings. The van der Waals surface area contributed by atoms with Gasteiger partial charge in [-0.3, -0.25) is 4.90 Å². The second-order valence-corrected chi connectivity index (χ2v) is 6.70. The monoisotopic (exact) mass is 283 g/mol. The van der Waals surface area contributed by atoms with E-state index in [-0.39, 0.29) is 6.10 Å². The van der Waals surface area contributed by atoms with Crippen LogP contribution in [0.4, 0.5) is 0 Å². The largest absolute Gasteiger partial charge is 0.391 e. The molecule has 1 saturated carbocycles. The second-order valence-electron chi connectivity index (χ2n) is 6.70. The Morgan fingerprint density at radius 2 is 1.50 bits per heavy atom. The van der Waals surface area contributed by atoms with Crippen molar-refractivity contribution in [2.45, 2.75) is 89.3 Å². The number of hydrogen-bond donors (Lipinski definition) is 1. The van der Waals surface area contributed by atoms with Gasteiger partial charge in [-0.2, -0.15) is 0 Å². The lowest BCUT2D eigenvalue weighted by atomic mass is 9.93. The normalized spacial score (nSPS) is 36.0. The molecule has 3 atom stereocenters. The molecule has 1 N–H and O–H groups in total. The van der Waals surface area contributed by atoms with E-state index in [1.807, 2.05) is 0 Å². The molecule has 0 radical (unpaired) electrons. The molecule has 2 rings (SSSR count). The summed E-state index contributed by atoms with van der Waals surface area (Å²) in [5.74, 6) is 0. The van der Waals surface area contributed by atoms with Crippen LogP contribution in [0.1, 0.15) is 71.1 Å². The third kappa shape index (κ3) is 5.01. The number of aliphatic hydroxyl groups excluding tert-OH is 1. The molecule has 20 heavy (non-hydrogen) atoms. The zero-order valence-electron chi connectivity index (χ0n) is 13.2. The fourth-order valence-corrected chi connectivity index (χ4v) is 3.77. The molecule has 1 aliphatic carbocycles. The molecular weight excluding hydrogens is 250 g/mol. The highest BCUT2D eigenvalue weighted by Gasteiger charge is 2.30. The maximum Gasteiger partial charge on any atom is 0.0695 e. The number of ether oxygens (including phenoxy) is 1. The Labute approximate surface area is 124 Å². The average molecular weight is 283 g/mol. The lowest BCUT2D eigenvalue weighted by molar-refractivity contribution is -0.0582. The van der Waals surface area contributed by atoms with Gasteiger partial charge < -0.3 is 9.84 Å². The van der Waals surface area contributed by atoms with Crippen molar-refractivity contribution >= 4 is 0 Å². The van der Waals surface area contributed by atoms with Crippen molar-refractivity contribution in [1.29, 1.82) is 0 Å². The van der Waals surface area contributed by atoms with E-state index in [4.69, 9.17) is 4.74 Å². The highest BCUT2D eigenvalue weighted by molar-refractivity contribution is 4.84. The van der Waals surface area contributed by atoms with Crippen molar-refractivity contribution in [3.63, 3.8) is 0 Å². The zero-order chi connectivity index (χ0) is 14.2. The minimum atomic E-state index is -0.144. The minimum Gasteiger partial charge on any atom is -0.391 e. The summed E-state index contributed by atoms with van der Waals surface area (Å²) in [5, 5.41) is 10.6. The van der Waals surface area contributed by atoms with Gasteiger partial charge in [0.1, 0.15) is 0 Å². The van der Waals surface area contributed by atoms with E-state index in [1.165, 1.54) is 51.4 Å². The van der Waals surface area contributed by atoms with E-state index in [1.54, 1.807) is 0 Å². The zero-order valence-corrected chi connectivity index (χ0v) is 13.2. The van der Waals surface area contributed by atoms with Gasteiger partial charge in [-0.05, 0) is 19.8 Å². The molecule has 2 aliphatic rings. The molecule has 3 nitrogen and oxygen atoms in total. The molecule has 0 amide bonds. The minimum absolute atomic E-state index is 0.144. The summed E-state index contributed by atoms with van der Waals surface area (Å²) in [4.78, 5) is 2.51. The lowest BCUT2D eigenvalue weighted by Crippen LogP contribution is -2.53. The van der Waals surface area contributed by atoms with E-state index in [9.17, 15) is 5.11 Å². The van der Waals surface area contributed by atoms with Crippen molar-refractivity contribution in [3.8, 4) is 0 Å². The van der Waals surface area contributed by atoms with Crippen molar-refractivity contribution in [1.82, 2.24) is 4.90 Å². The first kappa shape index (κ1) is 16.3. The standard InChI is InChI=1S/C17H33NO2/c1-15-14-20-13-12-18(15)16-10-8-6-4-2-3-5-7-9-11-17(16)19/h15-17,19H,2-14H2,1H3. The summed E-state index contributed by atoms with van der Waals surface area (Å²) in [7, 11) is 0. The maximum absolute atomic E-state index is 10.6. The van der Waals surface area contributed by atoms with Crippen molar-refractivity contribution in [2.24, 2.45) is 0 Å². The van der Waals surface area contributed by atoms with Crippen LogP contribution in [0.2, 0.25) is 0 Å². The van der Waals surface area contributed by atoms with E-state index in [2.05, 4.69) is 11.8 Å². The third-order valence-corrected chi connectivity index (χ3v) is 5.04. The molecule has 0 bridgehead atoms. The van der Waals surface area contributed by atoms with Crippen LogP contribution in [0.3, 0.4) is 0 Å². The van der Waals surface area contributed by atoms with Gasteiger partial charge >= 0.3 is 0 Å². The van der Waals surface area contributed by atoms with Crippen molar-refractivity contribution < 1.29 is 9.84 Å². The number of nitrogens with zero attached hydrogens (tertiary/aromatic N) is 1. The van der Waals surface area contributed by atoms with Crippen LogP contribution in [0.5, 0.6) is 0 Å². The first-order valence-electron chi connectivity index (χ1n) is 8.80. The Bertz CT molecular complexity index is 259. The molecule has 118 valence electrons. The predicted molar refractivity (Wildman–Crippen MR) is 83.0 cm³/mol. The Morgan fingerprint density at radius 1 is 0.900 bits per heavy atom. The van der Waals surface area contributed by atoms with Crippen LogP contribution in [0, 0.1) is 0 Å². The van der Waals surface area contributed by atoms with Gasteiger partial charge in [0.05, 0.1) is 19.3 Å². The molecular formula is C17H33NO2. The average Bonchev–Trinajstić information content (AvgIpc) is 2.44. The fourth-order valence-electron chi connectivity index (χ4n) is 3.77. The van der Waals surface area contributed by atoms with Gasteiger partial charge in [0.2, 0.25) is 0 Å². The number of rotatable bonds is 1. The Hall–Kier alpha value is -0.120. The Morgan fingerprint density at radius 3 is 2.15 bits per heavy atom. The van der Waals surface area contributed by atoms with Crippen LogP contribution in [0.15, 0.2) is 0 Å². The Balaban J connectivity index is 1.92. The highest BCUT2D eigenvalue weighted by Crippen LogP contribution is 2.23. The number of hydrogen-bond acceptors (Lipinski definition) is 3. The van der Waals surface area contributed by atoms with Gasteiger partial charge in [0, 0.05) is 18.6 Å². The van der Waals surface area contributed by atoms with Crippen LogP contribution in [-0.2, 0) is 4.74 Å². The third-order valence-electron chi connectivity index (χ3n) is 5.04. The molecule has 2 fully saturated rings. The SMILES string of the molecule is CC1COCCN1C1CCCCCCCCCCC1O. The second kappa shape index (κ2) is 9.01. The fraction of sp³-hybridized carbons (Fsp3) is 1.00. The van der Waals surface area contributed by atoms with Crippen LogP contribution < -0.4 is 0 Å². The molecule has 0 spiro atoms. The molecule has 3 heteroatoms. The highest BCUT2D eigenvalue weighted by atomic mass is 16.5. The molecule has 0 aromatic heterocycles.